The van der Waals surface area contributed by atoms with Gasteiger partial charge in [-0.1, -0.05) is 12.1 Å². The molecule has 0 aliphatic heterocycles. The molecule has 0 radical (unpaired) electrons. The molecule has 4 N–H and O–H groups in total. The molecular formula is C13H20FN3O. The van der Waals surface area contributed by atoms with E-state index in [1.165, 1.54) is 6.07 Å². The van der Waals surface area contributed by atoms with E-state index in [1.807, 2.05) is 4.90 Å². The molecule has 0 fully saturated rings. The van der Waals surface area contributed by atoms with E-state index in [-0.39, 0.29) is 11.4 Å². The molecule has 1 aromatic carbocycles. The van der Waals surface area contributed by atoms with E-state index in [0.29, 0.717) is 18.7 Å². The second-order valence-electron chi connectivity index (χ2n) is 5.18. The quantitative estimate of drug-likeness (QED) is 0.547. The van der Waals surface area contributed by atoms with E-state index in [0.717, 1.165) is 0 Å². The molecule has 0 unspecified atom stereocenters. The van der Waals surface area contributed by atoms with E-state index in [1.54, 1.807) is 33.0 Å². The van der Waals surface area contributed by atoms with Crippen LogP contribution in [0.5, 0.6) is 0 Å². The molecule has 0 atom stereocenters. The Morgan fingerprint density at radius 3 is 2.61 bits per heavy atom. The average Bonchev–Trinajstić information content (AvgIpc) is 2.17. The molecule has 0 saturated heterocycles. The zero-order valence-electron chi connectivity index (χ0n) is 11.0. The minimum atomic E-state index is -0.830. The molecule has 18 heavy (non-hydrogen) atoms. The second kappa shape index (κ2) is 5.46. The first-order valence-electron chi connectivity index (χ1n) is 5.73. The molecule has 0 aliphatic carbocycles. The maximum Gasteiger partial charge on any atom is 0.138 e. The predicted molar refractivity (Wildman–Crippen MR) is 70.0 cm³/mol. The van der Waals surface area contributed by atoms with Gasteiger partial charge in [0.15, 0.2) is 0 Å². The number of rotatable bonds is 5. The summed E-state index contributed by atoms with van der Waals surface area (Å²) in [5.41, 5.74) is 5.06. The molecule has 0 heterocycles. The normalized spacial score (nSPS) is 11.9. The molecule has 0 spiro atoms. The smallest absolute Gasteiger partial charge is 0.138 e. The molecule has 0 aromatic heterocycles. The summed E-state index contributed by atoms with van der Waals surface area (Å²) in [4.78, 5) is 1.82. The molecule has 0 aliphatic rings. The van der Waals surface area contributed by atoms with Crippen molar-refractivity contribution in [3.63, 3.8) is 0 Å². The van der Waals surface area contributed by atoms with Crippen LogP contribution in [0.2, 0.25) is 0 Å². The van der Waals surface area contributed by atoms with Crippen molar-refractivity contribution in [2.75, 3.05) is 13.6 Å². The molecule has 5 heteroatoms. The lowest BCUT2D eigenvalue weighted by molar-refractivity contribution is 0.0422. The molecule has 100 valence electrons. The molecular weight excluding hydrogens is 233 g/mol. The highest BCUT2D eigenvalue weighted by Crippen LogP contribution is 2.15. The average molecular weight is 253 g/mol. The van der Waals surface area contributed by atoms with E-state index in [2.05, 4.69) is 0 Å². The lowest BCUT2D eigenvalue weighted by Crippen LogP contribution is -2.36. The predicted octanol–water partition coefficient (Wildman–Crippen LogP) is 1.31. The fourth-order valence-corrected chi connectivity index (χ4v) is 1.92. The van der Waals surface area contributed by atoms with Crippen LogP contribution in [-0.4, -0.2) is 35.0 Å². The SMILES string of the molecule is CN(Cc1cccc(C(=N)N)c1F)CC(C)(C)O. The van der Waals surface area contributed by atoms with Gasteiger partial charge in [-0.05, 0) is 27.0 Å². The Balaban J connectivity index is 2.85. The summed E-state index contributed by atoms with van der Waals surface area (Å²) in [6.45, 7) is 4.19. The van der Waals surface area contributed by atoms with Gasteiger partial charge < -0.3 is 10.8 Å². The summed E-state index contributed by atoms with van der Waals surface area (Å²) in [7, 11) is 1.80. The summed E-state index contributed by atoms with van der Waals surface area (Å²) in [5.74, 6) is -0.743. The number of hydrogen-bond acceptors (Lipinski definition) is 3. The zero-order chi connectivity index (χ0) is 13.9. The van der Waals surface area contributed by atoms with Crippen molar-refractivity contribution in [1.29, 1.82) is 5.41 Å². The molecule has 1 rings (SSSR count). The fraction of sp³-hybridized carbons (Fsp3) is 0.462. The van der Waals surface area contributed by atoms with Crippen molar-refractivity contribution in [3.8, 4) is 0 Å². The van der Waals surface area contributed by atoms with Crippen LogP contribution in [0, 0.1) is 11.2 Å². The summed E-state index contributed by atoms with van der Waals surface area (Å²) in [6.07, 6.45) is 0. The first-order valence-corrected chi connectivity index (χ1v) is 5.73. The number of amidine groups is 1. The highest BCUT2D eigenvalue weighted by molar-refractivity contribution is 5.95. The van der Waals surface area contributed by atoms with Crippen molar-refractivity contribution >= 4 is 5.84 Å². The number of nitrogens with one attached hydrogen (secondary N) is 1. The Hall–Kier alpha value is -1.46. The summed E-state index contributed by atoms with van der Waals surface area (Å²) in [5, 5.41) is 17.0. The minimum absolute atomic E-state index is 0.115. The van der Waals surface area contributed by atoms with Crippen molar-refractivity contribution in [1.82, 2.24) is 4.90 Å². The number of likely N-dealkylation sites (N-methyl/N-ethyl adjacent to an activating group) is 1. The number of hydrogen-bond donors (Lipinski definition) is 3. The second-order valence-corrected chi connectivity index (χ2v) is 5.18. The van der Waals surface area contributed by atoms with Gasteiger partial charge in [-0.3, -0.25) is 10.3 Å². The van der Waals surface area contributed by atoms with Gasteiger partial charge in [0.2, 0.25) is 0 Å². The lowest BCUT2D eigenvalue weighted by atomic mass is 10.1. The number of nitrogens with two attached hydrogens (primary N) is 1. The van der Waals surface area contributed by atoms with Gasteiger partial charge in [0.25, 0.3) is 0 Å². The fourth-order valence-electron chi connectivity index (χ4n) is 1.92. The van der Waals surface area contributed by atoms with Crippen LogP contribution in [0.1, 0.15) is 25.0 Å². The number of halogens is 1. The Morgan fingerprint density at radius 2 is 2.11 bits per heavy atom. The van der Waals surface area contributed by atoms with Gasteiger partial charge in [0.1, 0.15) is 11.7 Å². The van der Waals surface area contributed by atoms with Gasteiger partial charge in [-0.25, -0.2) is 4.39 Å². The highest BCUT2D eigenvalue weighted by atomic mass is 19.1. The van der Waals surface area contributed by atoms with Gasteiger partial charge in [-0.2, -0.15) is 0 Å². The molecule has 0 amide bonds. The van der Waals surface area contributed by atoms with E-state index in [4.69, 9.17) is 11.1 Å². The number of benzene rings is 1. The largest absolute Gasteiger partial charge is 0.389 e. The Morgan fingerprint density at radius 1 is 1.50 bits per heavy atom. The van der Waals surface area contributed by atoms with Crippen molar-refractivity contribution < 1.29 is 9.50 Å². The first kappa shape index (κ1) is 14.6. The van der Waals surface area contributed by atoms with Gasteiger partial charge in [-0.15, -0.1) is 0 Å². The third-order valence-electron chi connectivity index (χ3n) is 2.47. The maximum absolute atomic E-state index is 14.0. The lowest BCUT2D eigenvalue weighted by Gasteiger charge is -2.25. The summed E-state index contributed by atoms with van der Waals surface area (Å²) in [6, 6.07) is 4.81. The van der Waals surface area contributed by atoms with Crippen LogP contribution >= 0.6 is 0 Å². The van der Waals surface area contributed by atoms with Crippen LogP contribution in [0.15, 0.2) is 18.2 Å². The topological polar surface area (TPSA) is 73.3 Å². The maximum atomic E-state index is 14.0. The first-order chi connectivity index (χ1) is 8.20. The van der Waals surface area contributed by atoms with Crippen LogP contribution in [-0.2, 0) is 6.54 Å². The molecule has 4 nitrogen and oxygen atoms in total. The standard InChI is InChI=1S/C13H20FN3O/c1-13(2,18)8-17(3)7-9-5-4-6-10(11(9)14)12(15)16/h4-6,18H,7-8H2,1-3H3,(H3,15,16). The van der Waals surface area contributed by atoms with Crippen molar-refractivity contribution in [2.45, 2.75) is 26.0 Å². The summed E-state index contributed by atoms with van der Waals surface area (Å²) < 4.78 is 14.0. The van der Waals surface area contributed by atoms with E-state index < -0.39 is 11.4 Å². The zero-order valence-corrected chi connectivity index (χ0v) is 11.0. The van der Waals surface area contributed by atoms with Crippen LogP contribution < -0.4 is 5.73 Å². The van der Waals surface area contributed by atoms with Gasteiger partial charge in [0.05, 0.1) is 11.2 Å². The molecule has 0 bridgehead atoms. The van der Waals surface area contributed by atoms with Crippen molar-refractivity contribution in [2.24, 2.45) is 5.73 Å². The van der Waals surface area contributed by atoms with Gasteiger partial charge in [0, 0.05) is 18.7 Å². The number of nitrogen functional groups attached to an aromatic ring is 1. The minimum Gasteiger partial charge on any atom is -0.389 e. The third kappa shape index (κ3) is 4.09. The Bertz CT molecular complexity index is 440. The number of aliphatic hydroxyl groups is 1. The molecule has 1 aromatic rings. The Labute approximate surface area is 107 Å². The van der Waals surface area contributed by atoms with E-state index in [9.17, 15) is 9.50 Å². The van der Waals surface area contributed by atoms with Crippen LogP contribution in [0.4, 0.5) is 4.39 Å². The highest BCUT2D eigenvalue weighted by Gasteiger charge is 2.17. The number of nitrogens with zero attached hydrogens (tertiary/aromatic N) is 1. The van der Waals surface area contributed by atoms with Crippen LogP contribution in [0.25, 0.3) is 0 Å². The van der Waals surface area contributed by atoms with E-state index >= 15 is 0 Å². The van der Waals surface area contributed by atoms with Gasteiger partial charge >= 0.3 is 0 Å². The van der Waals surface area contributed by atoms with Crippen molar-refractivity contribution in [3.05, 3.63) is 35.1 Å². The monoisotopic (exact) mass is 253 g/mol. The van der Waals surface area contributed by atoms with Crippen LogP contribution in [0.3, 0.4) is 0 Å². The summed E-state index contributed by atoms with van der Waals surface area (Å²) >= 11 is 0. The molecule has 0 saturated carbocycles. The third-order valence-corrected chi connectivity index (χ3v) is 2.47. The Kier molecular flexibility index (Phi) is 4.43.